The summed E-state index contributed by atoms with van der Waals surface area (Å²) < 4.78 is 18.2. The van der Waals surface area contributed by atoms with Gasteiger partial charge in [-0.1, -0.05) is 0 Å². The first kappa shape index (κ1) is 17.2. The molecule has 126 valence electrons. The fourth-order valence-electron chi connectivity index (χ4n) is 2.38. The summed E-state index contributed by atoms with van der Waals surface area (Å²) in [5, 5.41) is 2.76. The molecule has 0 atom stereocenters. The molecular formula is C16H22FN3O3. The van der Waals surface area contributed by atoms with Crippen LogP contribution in [0.25, 0.3) is 0 Å². The molecule has 2 amide bonds. The Morgan fingerprint density at radius 3 is 2.43 bits per heavy atom. The SMILES string of the molecule is CCNC(=O)CN1CCN(C(=O)COc2ccc(F)cc2)CC1. The van der Waals surface area contributed by atoms with Crippen LogP contribution in [0.1, 0.15) is 6.92 Å². The van der Waals surface area contributed by atoms with E-state index in [1.165, 1.54) is 24.3 Å². The summed E-state index contributed by atoms with van der Waals surface area (Å²) in [4.78, 5) is 27.4. The zero-order valence-corrected chi connectivity index (χ0v) is 13.3. The average molecular weight is 323 g/mol. The number of rotatable bonds is 6. The molecule has 6 nitrogen and oxygen atoms in total. The number of carbonyl (C=O) groups excluding carboxylic acids is 2. The highest BCUT2D eigenvalue weighted by molar-refractivity contribution is 5.79. The van der Waals surface area contributed by atoms with Gasteiger partial charge >= 0.3 is 0 Å². The Labute approximate surface area is 135 Å². The number of amides is 2. The predicted octanol–water partition coefficient (Wildman–Crippen LogP) is 0.485. The molecule has 1 fully saturated rings. The van der Waals surface area contributed by atoms with E-state index in [4.69, 9.17) is 4.74 Å². The second-order valence-corrected chi connectivity index (χ2v) is 5.35. The lowest BCUT2D eigenvalue weighted by molar-refractivity contribution is -0.135. The number of likely N-dealkylation sites (N-methyl/N-ethyl adjacent to an activating group) is 1. The van der Waals surface area contributed by atoms with Gasteiger partial charge in [-0.15, -0.1) is 0 Å². The molecule has 0 bridgehead atoms. The lowest BCUT2D eigenvalue weighted by Crippen LogP contribution is -2.52. The third-order valence-corrected chi connectivity index (χ3v) is 3.64. The molecule has 0 radical (unpaired) electrons. The van der Waals surface area contributed by atoms with Crippen LogP contribution in [0.4, 0.5) is 4.39 Å². The summed E-state index contributed by atoms with van der Waals surface area (Å²) in [6.45, 7) is 5.28. The molecule has 1 aromatic carbocycles. The maximum Gasteiger partial charge on any atom is 0.260 e. The van der Waals surface area contributed by atoms with Crippen LogP contribution in [0.5, 0.6) is 5.75 Å². The van der Waals surface area contributed by atoms with Crippen molar-refractivity contribution in [1.29, 1.82) is 0 Å². The first-order chi connectivity index (χ1) is 11.1. The molecule has 1 aliphatic rings. The monoisotopic (exact) mass is 323 g/mol. The molecule has 0 saturated carbocycles. The molecular weight excluding hydrogens is 301 g/mol. The largest absolute Gasteiger partial charge is 0.484 e. The van der Waals surface area contributed by atoms with Crippen LogP contribution in [0.3, 0.4) is 0 Å². The van der Waals surface area contributed by atoms with Crippen molar-refractivity contribution in [3.63, 3.8) is 0 Å². The number of carbonyl (C=O) groups is 2. The van der Waals surface area contributed by atoms with Gasteiger partial charge in [-0.2, -0.15) is 0 Å². The molecule has 0 aliphatic carbocycles. The molecule has 23 heavy (non-hydrogen) atoms. The van der Waals surface area contributed by atoms with Crippen LogP contribution < -0.4 is 10.1 Å². The number of hydrogen-bond donors (Lipinski definition) is 1. The number of halogens is 1. The highest BCUT2D eigenvalue weighted by atomic mass is 19.1. The molecule has 1 aliphatic heterocycles. The first-order valence-electron chi connectivity index (χ1n) is 7.73. The van der Waals surface area contributed by atoms with Crippen molar-refractivity contribution in [2.24, 2.45) is 0 Å². The first-order valence-corrected chi connectivity index (χ1v) is 7.73. The van der Waals surface area contributed by atoms with Gasteiger partial charge in [0.2, 0.25) is 5.91 Å². The van der Waals surface area contributed by atoms with Crippen LogP contribution in [0.2, 0.25) is 0 Å². The summed E-state index contributed by atoms with van der Waals surface area (Å²) in [5.74, 6) is 0.0282. The Hall–Kier alpha value is -2.15. The maximum absolute atomic E-state index is 12.8. The van der Waals surface area contributed by atoms with Crippen molar-refractivity contribution in [3.05, 3.63) is 30.1 Å². The number of nitrogens with one attached hydrogen (secondary N) is 1. The van der Waals surface area contributed by atoms with Gasteiger partial charge in [-0.3, -0.25) is 14.5 Å². The Morgan fingerprint density at radius 2 is 1.83 bits per heavy atom. The highest BCUT2D eigenvalue weighted by Gasteiger charge is 2.22. The van der Waals surface area contributed by atoms with Crippen LogP contribution in [0.15, 0.2) is 24.3 Å². The van der Waals surface area contributed by atoms with Crippen molar-refractivity contribution in [1.82, 2.24) is 15.1 Å². The van der Waals surface area contributed by atoms with Gasteiger partial charge in [0.25, 0.3) is 5.91 Å². The zero-order chi connectivity index (χ0) is 16.7. The van der Waals surface area contributed by atoms with E-state index >= 15 is 0 Å². The summed E-state index contributed by atoms with van der Waals surface area (Å²) in [6, 6.07) is 5.57. The van der Waals surface area contributed by atoms with Gasteiger partial charge in [0.15, 0.2) is 6.61 Å². The molecule has 1 aromatic rings. The van der Waals surface area contributed by atoms with Crippen LogP contribution in [-0.2, 0) is 9.59 Å². The van der Waals surface area contributed by atoms with E-state index in [2.05, 4.69) is 5.32 Å². The van der Waals surface area contributed by atoms with Gasteiger partial charge < -0.3 is 15.0 Å². The van der Waals surface area contributed by atoms with Crippen molar-refractivity contribution in [2.45, 2.75) is 6.92 Å². The van der Waals surface area contributed by atoms with Gasteiger partial charge in [-0.25, -0.2) is 4.39 Å². The van der Waals surface area contributed by atoms with E-state index in [1.807, 2.05) is 11.8 Å². The third kappa shape index (κ3) is 5.52. The number of ether oxygens (including phenoxy) is 1. The summed E-state index contributed by atoms with van der Waals surface area (Å²) in [7, 11) is 0. The van der Waals surface area contributed by atoms with Crippen molar-refractivity contribution in [3.8, 4) is 5.75 Å². The molecule has 0 unspecified atom stereocenters. The average Bonchev–Trinajstić information content (AvgIpc) is 2.55. The molecule has 1 saturated heterocycles. The zero-order valence-electron chi connectivity index (χ0n) is 13.3. The van der Waals surface area contributed by atoms with E-state index in [0.29, 0.717) is 45.0 Å². The fourth-order valence-corrected chi connectivity index (χ4v) is 2.38. The second-order valence-electron chi connectivity index (χ2n) is 5.35. The Balaban J connectivity index is 1.71. The summed E-state index contributed by atoms with van der Waals surface area (Å²) >= 11 is 0. The topological polar surface area (TPSA) is 61.9 Å². The standard InChI is InChI=1S/C16H22FN3O3/c1-2-18-15(21)11-19-7-9-20(10-8-19)16(22)12-23-14-5-3-13(17)4-6-14/h3-6H,2,7-12H2,1H3,(H,18,21). The minimum absolute atomic E-state index is 0.00641. The van der Waals surface area contributed by atoms with E-state index in [0.717, 1.165) is 0 Å². The summed E-state index contributed by atoms with van der Waals surface area (Å²) in [5.41, 5.74) is 0. The van der Waals surface area contributed by atoms with Crippen LogP contribution in [-0.4, -0.2) is 67.5 Å². The van der Waals surface area contributed by atoms with E-state index < -0.39 is 0 Å². The number of nitrogens with zero attached hydrogens (tertiary/aromatic N) is 2. The van der Waals surface area contributed by atoms with Gasteiger partial charge in [0.1, 0.15) is 11.6 Å². The van der Waals surface area contributed by atoms with Gasteiger partial charge in [0, 0.05) is 32.7 Å². The molecule has 1 heterocycles. The maximum atomic E-state index is 12.8. The van der Waals surface area contributed by atoms with Crippen molar-refractivity contribution < 1.29 is 18.7 Å². The van der Waals surface area contributed by atoms with Gasteiger partial charge in [-0.05, 0) is 31.2 Å². The van der Waals surface area contributed by atoms with Crippen molar-refractivity contribution in [2.75, 3.05) is 45.9 Å². The smallest absolute Gasteiger partial charge is 0.260 e. The third-order valence-electron chi connectivity index (χ3n) is 3.64. The summed E-state index contributed by atoms with van der Waals surface area (Å²) in [6.07, 6.45) is 0. The van der Waals surface area contributed by atoms with E-state index in [-0.39, 0.29) is 24.2 Å². The minimum atomic E-state index is -0.341. The molecule has 1 N–H and O–H groups in total. The number of benzene rings is 1. The molecule has 7 heteroatoms. The minimum Gasteiger partial charge on any atom is -0.484 e. The molecule has 0 spiro atoms. The van der Waals surface area contributed by atoms with E-state index in [1.54, 1.807) is 4.90 Å². The second kappa shape index (κ2) is 8.47. The highest BCUT2D eigenvalue weighted by Crippen LogP contribution is 2.11. The normalized spacial score (nSPS) is 15.3. The number of piperazine rings is 1. The molecule has 0 aromatic heterocycles. The van der Waals surface area contributed by atoms with Gasteiger partial charge in [0.05, 0.1) is 6.54 Å². The molecule has 2 rings (SSSR count). The van der Waals surface area contributed by atoms with Crippen molar-refractivity contribution >= 4 is 11.8 Å². The van der Waals surface area contributed by atoms with Crippen LogP contribution in [0, 0.1) is 5.82 Å². The van der Waals surface area contributed by atoms with Crippen LogP contribution >= 0.6 is 0 Å². The Bertz CT molecular complexity index is 528. The number of hydrogen-bond acceptors (Lipinski definition) is 4. The Morgan fingerprint density at radius 1 is 1.17 bits per heavy atom. The lowest BCUT2D eigenvalue weighted by atomic mass is 10.3. The Kier molecular flexibility index (Phi) is 6.34. The predicted molar refractivity (Wildman–Crippen MR) is 83.6 cm³/mol. The quantitative estimate of drug-likeness (QED) is 0.827. The van der Waals surface area contributed by atoms with E-state index in [9.17, 15) is 14.0 Å². The fraction of sp³-hybridized carbons (Fsp3) is 0.500. The lowest BCUT2D eigenvalue weighted by Gasteiger charge is -2.34.